The number of benzene rings is 1. The molecule has 0 amide bonds. The zero-order valence-corrected chi connectivity index (χ0v) is 16.4. The Morgan fingerprint density at radius 2 is 1.86 bits per heavy atom. The number of hydrogen-bond acceptors (Lipinski definition) is 6. The minimum atomic E-state index is 0.392. The number of nitrogens with one attached hydrogen (secondary N) is 1. The summed E-state index contributed by atoms with van der Waals surface area (Å²) in [5.74, 6) is 1.99. The van der Waals surface area contributed by atoms with Crippen LogP contribution in [0.1, 0.15) is 11.1 Å². The van der Waals surface area contributed by atoms with E-state index in [0.29, 0.717) is 48.8 Å². The molecule has 0 unspecified atom stereocenters. The summed E-state index contributed by atoms with van der Waals surface area (Å²) in [6.07, 6.45) is 3.41. The summed E-state index contributed by atoms with van der Waals surface area (Å²) in [6, 6.07) is 15.1. The zero-order valence-electron chi connectivity index (χ0n) is 15.6. The molecule has 0 bridgehead atoms. The third kappa shape index (κ3) is 6.11. The van der Waals surface area contributed by atoms with E-state index in [4.69, 9.17) is 25.8 Å². The highest BCUT2D eigenvalue weighted by Gasteiger charge is 2.07. The van der Waals surface area contributed by atoms with E-state index in [1.165, 1.54) is 0 Å². The molecule has 0 aliphatic carbocycles. The molecule has 0 fully saturated rings. The molecule has 3 aromatic rings. The summed E-state index contributed by atoms with van der Waals surface area (Å²) in [6.45, 7) is 2.34. The predicted octanol–water partition coefficient (Wildman–Crippen LogP) is 3.89. The lowest BCUT2D eigenvalue weighted by Gasteiger charge is -2.13. The van der Waals surface area contributed by atoms with Gasteiger partial charge >= 0.3 is 0 Å². The maximum Gasteiger partial charge on any atom is 0.213 e. The van der Waals surface area contributed by atoms with Crippen molar-refractivity contribution in [1.82, 2.24) is 15.3 Å². The van der Waals surface area contributed by atoms with Crippen LogP contribution < -0.4 is 19.5 Å². The van der Waals surface area contributed by atoms with Crippen LogP contribution in [0.3, 0.4) is 0 Å². The fourth-order valence-electron chi connectivity index (χ4n) is 2.49. The van der Waals surface area contributed by atoms with Crippen molar-refractivity contribution in [3.63, 3.8) is 0 Å². The van der Waals surface area contributed by atoms with Gasteiger partial charge in [0.15, 0.2) is 11.5 Å². The lowest BCUT2D eigenvalue weighted by Crippen LogP contribution is -2.20. The van der Waals surface area contributed by atoms with Gasteiger partial charge in [-0.3, -0.25) is 0 Å². The van der Waals surface area contributed by atoms with Gasteiger partial charge in [0.2, 0.25) is 5.88 Å². The van der Waals surface area contributed by atoms with Crippen molar-refractivity contribution in [3.8, 4) is 17.4 Å². The summed E-state index contributed by atoms with van der Waals surface area (Å²) >= 11 is 5.80. The van der Waals surface area contributed by atoms with Crippen molar-refractivity contribution in [2.45, 2.75) is 13.2 Å². The highest BCUT2D eigenvalue weighted by atomic mass is 35.5. The molecule has 146 valence electrons. The Morgan fingerprint density at radius 1 is 0.964 bits per heavy atom. The summed E-state index contributed by atoms with van der Waals surface area (Å²) in [5.41, 5.74) is 2.03. The van der Waals surface area contributed by atoms with Gasteiger partial charge in [-0.25, -0.2) is 9.97 Å². The lowest BCUT2D eigenvalue weighted by atomic mass is 10.2. The normalized spacial score (nSPS) is 10.5. The van der Waals surface area contributed by atoms with Crippen molar-refractivity contribution in [2.75, 3.05) is 20.3 Å². The fourth-order valence-corrected chi connectivity index (χ4v) is 2.60. The number of methoxy groups -OCH3 is 1. The molecule has 0 radical (unpaired) electrons. The van der Waals surface area contributed by atoms with E-state index in [1.807, 2.05) is 42.5 Å². The van der Waals surface area contributed by atoms with Crippen molar-refractivity contribution < 1.29 is 14.2 Å². The van der Waals surface area contributed by atoms with Crippen molar-refractivity contribution in [3.05, 3.63) is 77.2 Å². The average molecular weight is 400 g/mol. The quantitative estimate of drug-likeness (QED) is 0.412. The van der Waals surface area contributed by atoms with Crippen molar-refractivity contribution in [1.29, 1.82) is 0 Å². The maximum absolute atomic E-state index is 5.85. The third-order valence-corrected chi connectivity index (χ3v) is 4.13. The first-order chi connectivity index (χ1) is 13.7. The maximum atomic E-state index is 5.85. The standard InChI is InChI=1S/C21H22ClN3O3/c1-26-19-12-16(13-23-10-11-27-21-4-2-3-9-24-21)5-7-18(19)28-15-17-6-8-20(22)25-14-17/h2-9,12,14,23H,10-11,13,15H2,1H3. The predicted molar refractivity (Wildman–Crippen MR) is 108 cm³/mol. The zero-order chi connectivity index (χ0) is 19.6. The molecule has 7 heteroatoms. The second-order valence-electron chi connectivity index (χ2n) is 5.96. The number of hydrogen-bond donors (Lipinski definition) is 1. The van der Waals surface area contributed by atoms with Gasteiger partial charge in [-0.05, 0) is 29.8 Å². The van der Waals surface area contributed by atoms with Gasteiger partial charge in [-0.1, -0.05) is 29.8 Å². The Hall–Kier alpha value is -2.83. The van der Waals surface area contributed by atoms with Crippen LogP contribution in [0.4, 0.5) is 0 Å². The molecule has 2 aromatic heterocycles. The van der Waals surface area contributed by atoms with E-state index in [0.717, 1.165) is 11.1 Å². The van der Waals surface area contributed by atoms with Gasteiger partial charge in [-0.2, -0.15) is 0 Å². The van der Waals surface area contributed by atoms with Crippen LogP contribution in [0.5, 0.6) is 17.4 Å². The Kier molecular flexibility index (Phi) is 7.46. The third-order valence-electron chi connectivity index (χ3n) is 3.91. The minimum absolute atomic E-state index is 0.392. The molecule has 0 aliphatic heterocycles. The van der Waals surface area contributed by atoms with E-state index in [1.54, 1.807) is 25.6 Å². The van der Waals surface area contributed by atoms with Crippen LogP contribution in [0.15, 0.2) is 60.9 Å². The molecule has 28 heavy (non-hydrogen) atoms. The van der Waals surface area contributed by atoms with E-state index >= 15 is 0 Å². The SMILES string of the molecule is COc1cc(CNCCOc2ccccn2)ccc1OCc1ccc(Cl)nc1. The number of pyridine rings is 2. The summed E-state index contributed by atoms with van der Waals surface area (Å²) in [7, 11) is 1.63. The summed E-state index contributed by atoms with van der Waals surface area (Å²) in [4.78, 5) is 8.17. The number of aromatic nitrogens is 2. The molecule has 1 N–H and O–H groups in total. The molecule has 6 nitrogen and oxygen atoms in total. The molecule has 2 heterocycles. The van der Waals surface area contributed by atoms with Gasteiger partial charge in [0, 0.05) is 37.1 Å². The average Bonchev–Trinajstić information content (AvgIpc) is 2.74. The molecule has 0 aliphatic rings. The van der Waals surface area contributed by atoms with Crippen LogP contribution in [0, 0.1) is 0 Å². The Balaban J connectivity index is 1.46. The summed E-state index contributed by atoms with van der Waals surface area (Å²) in [5, 5.41) is 3.80. The first kappa shape index (κ1) is 19.9. The minimum Gasteiger partial charge on any atom is -0.493 e. The summed E-state index contributed by atoms with van der Waals surface area (Å²) < 4.78 is 16.9. The van der Waals surface area contributed by atoms with Gasteiger partial charge in [-0.15, -0.1) is 0 Å². The van der Waals surface area contributed by atoms with Crippen LogP contribution in [-0.2, 0) is 13.2 Å². The second kappa shape index (κ2) is 10.5. The van der Waals surface area contributed by atoms with Crippen LogP contribution in [0.2, 0.25) is 5.15 Å². The van der Waals surface area contributed by atoms with Gasteiger partial charge < -0.3 is 19.5 Å². The van der Waals surface area contributed by atoms with E-state index in [2.05, 4.69) is 15.3 Å². The molecular formula is C21H22ClN3O3. The number of nitrogens with zero attached hydrogens (tertiary/aromatic N) is 2. The first-order valence-electron chi connectivity index (χ1n) is 8.89. The van der Waals surface area contributed by atoms with Crippen LogP contribution >= 0.6 is 11.6 Å². The van der Waals surface area contributed by atoms with Gasteiger partial charge in [0.05, 0.1) is 7.11 Å². The lowest BCUT2D eigenvalue weighted by molar-refractivity contribution is 0.283. The van der Waals surface area contributed by atoms with Crippen LogP contribution in [-0.4, -0.2) is 30.2 Å². The highest BCUT2D eigenvalue weighted by molar-refractivity contribution is 6.29. The number of ether oxygens (including phenoxy) is 3. The molecule has 0 spiro atoms. The van der Waals surface area contributed by atoms with E-state index in [9.17, 15) is 0 Å². The second-order valence-corrected chi connectivity index (χ2v) is 6.34. The van der Waals surface area contributed by atoms with Crippen molar-refractivity contribution in [2.24, 2.45) is 0 Å². The van der Waals surface area contributed by atoms with Crippen LogP contribution in [0.25, 0.3) is 0 Å². The van der Waals surface area contributed by atoms with Gasteiger partial charge in [0.1, 0.15) is 18.4 Å². The van der Waals surface area contributed by atoms with E-state index in [-0.39, 0.29) is 0 Å². The molecule has 1 aromatic carbocycles. The van der Waals surface area contributed by atoms with Gasteiger partial charge in [0.25, 0.3) is 0 Å². The Morgan fingerprint density at radius 3 is 2.61 bits per heavy atom. The largest absolute Gasteiger partial charge is 0.493 e. The molecular weight excluding hydrogens is 378 g/mol. The molecule has 0 saturated heterocycles. The van der Waals surface area contributed by atoms with E-state index < -0.39 is 0 Å². The smallest absolute Gasteiger partial charge is 0.213 e. The highest BCUT2D eigenvalue weighted by Crippen LogP contribution is 2.28. The Bertz CT molecular complexity index is 861. The topological polar surface area (TPSA) is 65.5 Å². The molecule has 3 rings (SSSR count). The monoisotopic (exact) mass is 399 g/mol. The number of rotatable bonds is 10. The fraction of sp³-hybridized carbons (Fsp3) is 0.238. The number of halogens is 1. The van der Waals surface area contributed by atoms with Crippen molar-refractivity contribution >= 4 is 11.6 Å². The molecule has 0 atom stereocenters. The Labute approximate surface area is 169 Å². The first-order valence-corrected chi connectivity index (χ1v) is 9.27. The molecule has 0 saturated carbocycles.